The van der Waals surface area contributed by atoms with Crippen LogP contribution in [0.2, 0.25) is 0 Å². The van der Waals surface area contributed by atoms with E-state index >= 15 is 0 Å². The molecule has 0 spiro atoms. The minimum absolute atomic E-state index is 0.0240. The average Bonchev–Trinajstić information content (AvgIpc) is 3.80. The van der Waals surface area contributed by atoms with E-state index in [9.17, 15) is 14.4 Å². The van der Waals surface area contributed by atoms with Gasteiger partial charge in [-0.15, -0.1) is 0 Å². The Morgan fingerprint density at radius 3 is 2.38 bits per heavy atom. The molecule has 202 valence electrons. The third-order valence-electron chi connectivity index (χ3n) is 7.89. The molecule has 2 aliphatic heterocycles. The molecule has 2 heterocycles. The van der Waals surface area contributed by atoms with Gasteiger partial charge in [-0.05, 0) is 102 Å². The smallest absolute Gasteiger partial charge is 0.407 e. The fourth-order valence-corrected chi connectivity index (χ4v) is 5.28. The summed E-state index contributed by atoms with van der Waals surface area (Å²) >= 11 is 0. The minimum Gasteiger partial charge on any atom is -0.465 e. The number of hydrogen-bond donors (Lipinski definition) is 2. The molecule has 3 amide bonds. The van der Waals surface area contributed by atoms with Crippen molar-refractivity contribution < 1.29 is 19.5 Å². The van der Waals surface area contributed by atoms with Crippen LogP contribution in [0.25, 0.3) is 22.8 Å². The molecule has 40 heavy (non-hydrogen) atoms. The molecule has 2 N–H and O–H groups in total. The van der Waals surface area contributed by atoms with Crippen LogP contribution in [0.5, 0.6) is 0 Å². The second-order valence-corrected chi connectivity index (χ2v) is 10.7. The molecule has 1 saturated carbocycles. The summed E-state index contributed by atoms with van der Waals surface area (Å²) in [7, 11) is 0. The van der Waals surface area contributed by atoms with E-state index in [1.807, 2.05) is 67.7 Å². The van der Waals surface area contributed by atoms with Crippen molar-refractivity contribution in [2.45, 2.75) is 38.8 Å². The third-order valence-corrected chi connectivity index (χ3v) is 7.89. The molecule has 7 heteroatoms. The van der Waals surface area contributed by atoms with Gasteiger partial charge in [0.05, 0.1) is 6.54 Å². The van der Waals surface area contributed by atoms with Crippen molar-refractivity contribution in [1.82, 2.24) is 15.1 Å². The Morgan fingerprint density at radius 1 is 0.925 bits per heavy atom. The largest absolute Gasteiger partial charge is 0.465 e. The van der Waals surface area contributed by atoms with Crippen LogP contribution >= 0.6 is 0 Å². The molecule has 1 aliphatic carbocycles. The zero-order chi connectivity index (χ0) is 27.8. The first-order chi connectivity index (χ1) is 19.4. The zero-order valence-corrected chi connectivity index (χ0v) is 22.4. The molecular weight excluding hydrogens is 502 g/mol. The van der Waals surface area contributed by atoms with Gasteiger partial charge in [-0.3, -0.25) is 9.59 Å². The van der Waals surface area contributed by atoms with Crippen LogP contribution in [0.4, 0.5) is 4.79 Å². The first-order valence-corrected chi connectivity index (χ1v) is 13.7. The van der Waals surface area contributed by atoms with Gasteiger partial charge >= 0.3 is 6.09 Å². The maximum absolute atomic E-state index is 13.3. The summed E-state index contributed by atoms with van der Waals surface area (Å²) in [6.45, 7) is 3.38. The Bertz CT molecular complexity index is 1570. The van der Waals surface area contributed by atoms with Gasteiger partial charge in [0.2, 0.25) is 0 Å². The first kappa shape index (κ1) is 25.6. The van der Waals surface area contributed by atoms with E-state index in [2.05, 4.69) is 23.5 Å². The van der Waals surface area contributed by atoms with Crippen molar-refractivity contribution in [2.24, 2.45) is 0 Å². The second-order valence-electron chi connectivity index (χ2n) is 10.7. The lowest BCUT2D eigenvalue weighted by molar-refractivity contribution is 0.0812. The van der Waals surface area contributed by atoms with Crippen LogP contribution in [0.15, 0.2) is 72.9 Å². The van der Waals surface area contributed by atoms with Gasteiger partial charge in [0.25, 0.3) is 11.8 Å². The summed E-state index contributed by atoms with van der Waals surface area (Å²) in [6.07, 6.45) is 7.60. The molecule has 3 aliphatic rings. The zero-order valence-electron chi connectivity index (χ0n) is 22.4. The lowest BCUT2D eigenvalue weighted by Gasteiger charge is -2.25. The highest BCUT2D eigenvalue weighted by molar-refractivity contribution is 5.97. The monoisotopic (exact) mass is 533 g/mol. The maximum atomic E-state index is 13.3. The average molecular weight is 534 g/mol. The van der Waals surface area contributed by atoms with E-state index in [1.54, 1.807) is 4.90 Å². The summed E-state index contributed by atoms with van der Waals surface area (Å²) in [5.74, 6) is -0.0958. The van der Waals surface area contributed by atoms with Crippen molar-refractivity contribution in [2.75, 3.05) is 13.1 Å². The number of hydrogen-bond acceptors (Lipinski definition) is 3. The molecule has 0 atom stereocenters. The summed E-state index contributed by atoms with van der Waals surface area (Å²) in [6, 6.07) is 19.9. The van der Waals surface area contributed by atoms with Crippen molar-refractivity contribution in [3.8, 4) is 11.1 Å². The van der Waals surface area contributed by atoms with Crippen LogP contribution in [-0.4, -0.2) is 51.9 Å². The number of carbonyl (C=O) groups is 3. The second kappa shape index (κ2) is 10.5. The van der Waals surface area contributed by atoms with E-state index in [0.29, 0.717) is 43.2 Å². The van der Waals surface area contributed by atoms with Gasteiger partial charge in [0, 0.05) is 36.5 Å². The van der Waals surface area contributed by atoms with E-state index < -0.39 is 6.09 Å². The molecule has 7 nitrogen and oxygen atoms in total. The molecule has 0 bridgehead atoms. The summed E-state index contributed by atoms with van der Waals surface area (Å²) in [4.78, 5) is 40.1. The minimum atomic E-state index is -0.902. The molecule has 0 aromatic heterocycles. The molecule has 3 aromatic carbocycles. The normalized spacial score (nSPS) is 16.3. The Labute approximate surface area is 233 Å². The molecule has 0 radical (unpaired) electrons. The molecule has 1 fully saturated rings. The highest BCUT2D eigenvalue weighted by Crippen LogP contribution is 2.31. The van der Waals surface area contributed by atoms with Gasteiger partial charge in [-0.2, -0.15) is 0 Å². The molecule has 6 rings (SSSR count). The van der Waals surface area contributed by atoms with Crippen molar-refractivity contribution >= 4 is 29.6 Å². The Hall–Kier alpha value is -4.65. The van der Waals surface area contributed by atoms with Gasteiger partial charge in [0.15, 0.2) is 0 Å². The summed E-state index contributed by atoms with van der Waals surface area (Å²) in [5.41, 5.74) is 8.69. The predicted octanol–water partition coefficient (Wildman–Crippen LogP) is 5.95. The van der Waals surface area contributed by atoms with Crippen molar-refractivity contribution in [3.63, 3.8) is 0 Å². The fourth-order valence-electron chi connectivity index (χ4n) is 5.28. The van der Waals surface area contributed by atoms with E-state index in [-0.39, 0.29) is 11.8 Å². The summed E-state index contributed by atoms with van der Waals surface area (Å²) in [5, 5.41) is 12.2. The Morgan fingerprint density at radius 2 is 1.68 bits per heavy atom. The highest BCUT2D eigenvalue weighted by atomic mass is 16.4. The first-order valence-electron chi connectivity index (χ1n) is 13.7. The number of fused-ring (bicyclic) bond motifs is 1. The van der Waals surface area contributed by atoms with Gasteiger partial charge < -0.3 is 20.2 Å². The van der Waals surface area contributed by atoms with Crippen LogP contribution < -0.4 is 5.32 Å². The topological polar surface area (TPSA) is 90.0 Å². The van der Waals surface area contributed by atoms with Crippen LogP contribution in [0.1, 0.15) is 62.2 Å². The van der Waals surface area contributed by atoms with E-state index in [4.69, 9.17) is 5.11 Å². The number of aryl methyl sites for hydroxylation is 1. The van der Waals surface area contributed by atoms with Crippen molar-refractivity contribution in [3.05, 3.63) is 106 Å². The number of carbonyl (C=O) groups excluding carboxylic acids is 2. The van der Waals surface area contributed by atoms with Gasteiger partial charge in [0.1, 0.15) is 0 Å². The SMILES string of the molecule is Cc1ccc(C(=O)NC2CC2)cc1-c1ccc2c(c1)C=CN(C(=O)c1ccc(C3=CCN(C(=O)O)CC3)cc1)C2. The Balaban J connectivity index is 1.15. The molecular formula is C33H31N3O4. The molecule has 0 saturated heterocycles. The highest BCUT2D eigenvalue weighted by Gasteiger charge is 2.24. The fraction of sp³-hybridized carbons (Fsp3) is 0.242. The summed E-state index contributed by atoms with van der Waals surface area (Å²) < 4.78 is 0. The van der Waals surface area contributed by atoms with E-state index in [0.717, 1.165) is 51.8 Å². The van der Waals surface area contributed by atoms with Gasteiger partial charge in [-0.25, -0.2) is 4.79 Å². The lowest BCUT2D eigenvalue weighted by Crippen LogP contribution is -2.33. The lowest BCUT2D eigenvalue weighted by atomic mass is 9.93. The number of nitrogens with zero attached hydrogens (tertiary/aromatic N) is 2. The quantitative estimate of drug-likeness (QED) is 0.424. The van der Waals surface area contributed by atoms with Crippen LogP contribution in [0.3, 0.4) is 0 Å². The predicted molar refractivity (Wildman–Crippen MR) is 155 cm³/mol. The van der Waals surface area contributed by atoms with Gasteiger partial charge in [-0.1, -0.05) is 36.4 Å². The Kier molecular flexibility index (Phi) is 6.72. The van der Waals surface area contributed by atoms with Crippen LogP contribution in [0, 0.1) is 6.92 Å². The van der Waals surface area contributed by atoms with Crippen LogP contribution in [-0.2, 0) is 6.54 Å². The number of amides is 3. The van der Waals surface area contributed by atoms with Crippen molar-refractivity contribution in [1.29, 1.82) is 0 Å². The van der Waals surface area contributed by atoms with E-state index in [1.165, 1.54) is 4.90 Å². The molecule has 0 unspecified atom stereocenters. The third kappa shape index (κ3) is 5.27. The maximum Gasteiger partial charge on any atom is 0.407 e. The number of nitrogens with one attached hydrogen (secondary N) is 1. The number of benzene rings is 3. The molecule has 3 aromatic rings. The number of carboxylic acid groups (broad SMARTS) is 1. The number of rotatable bonds is 5. The standard InChI is InChI=1S/C33H31N3O4/c1-21-2-3-27(31(37)34-29-10-11-29)19-30(21)26-8-9-28-20-36(17-14-25(28)18-26)32(38)24-6-4-22(5-7-24)23-12-15-35(16-13-23)33(39)40/h2-9,12,14,17-19,29H,10-11,13,15-16,20H2,1H3,(H,34,37)(H,39,40).